The third-order valence-electron chi connectivity index (χ3n) is 4.64. The lowest BCUT2D eigenvalue weighted by atomic mass is 9.87. The molecule has 1 aliphatic rings. The van der Waals surface area contributed by atoms with Crippen LogP contribution in [0.5, 0.6) is 5.75 Å². The van der Waals surface area contributed by atoms with E-state index in [1.54, 1.807) is 19.1 Å². The zero-order chi connectivity index (χ0) is 18.0. The second-order valence-electron chi connectivity index (χ2n) is 6.31. The number of amides is 1. The van der Waals surface area contributed by atoms with Gasteiger partial charge in [-0.3, -0.25) is 9.69 Å². The van der Waals surface area contributed by atoms with Crippen molar-refractivity contribution in [1.82, 2.24) is 10.2 Å². The molecule has 1 fully saturated rings. The highest BCUT2D eigenvalue weighted by Gasteiger charge is 2.44. The monoisotopic (exact) mass is 340 g/mol. The average Bonchev–Trinajstić information content (AvgIpc) is 2.61. The number of nitrogens with zero attached hydrogens (tertiary/aromatic N) is 1. The molecule has 2 aromatic carbocycles. The van der Waals surface area contributed by atoms with Crippen LogP contribution in [0.25, 0.3) is 11.1 Å². The molecule has 0 radical (unpaired) electrons. The summed E-state index contributed by atoms with van der Waals surface area (Å²) in [5.41, 5.74) is 0.552. The number of aromatic hydroxyl groups is 1. The summed E-state index contributed by atoms with van der Waals surface area (Å²) >= 11 is 0. The van der Waals surface area contributed by atoms with Gasteiger partial charge in [-0.2, -0.15) is 0 Å². The Kier molecular flexibility index (Phi) is 4.46. The number of rotatable bonds is 3. The number of ketones is 1. The highest BCUT2D eigenvalue weighted by molar-refractivity contribution is 6.05. The molecule has 1 unspecified atom stereocenters. The number of phenolic OH excluding ortho intramolecular Hbond substituents is 1. The van der Waals surface area contributed by atoms with Crippen LogP contribution in [0.3, 0.4) is 0 Å². The summed E-state index contributed by atoms with van der Waals surface area (Å²) in [5, 5.41) is 22.8. The second kappa shape index (κ2) is 6.57. The highest BCUT2D eigenvalue weighted by atomic mass is 16.4. The molecule has 2 aromatic rings. The van der Waals surface area contributed by atoms with Gasteiger partial charge in [0.2, 0.25) is 0 Å². The minimum atomic E-state index is -1.20. The van der Waals surface area contributed by atoms with Gasteiger partial charge in [0, 0.05) is 30.8 Å². The van der Waals surface area contributed by atoms with Crippen LogP contribution in [0.2, 0.25) is 0 Å². The molecule has 0 spiro atoms. The van der Waals surface area contributed by atoms with E-state index >= 15 is 0 Å². The van der Waals surface area contributed by atoms with Crippen molar-refractivity contribution >= 4 is 11.9 Å². The third kappa shape index (κ3) is 3.08. The van der Waals surface area contributed by atoms with Crippen molar-refractivity contribution in [1.29, 1.82) is 0 Å². The van der Waals surface area contributed by atoms with Gasteiger partial charge in [-0.15, -0.1) is 0 Å². The van der Waals surface area contributed by atoms with E-state index < -0.39 is 11.6 Å². The number of piperazine rings is 1. The van der Waals surface area contributed by atoms with Crippen molar-refractivity contribution in [2.75, 3.05) is 19.6 Å². The van der Waals surface area contributed by atoms with Crippen molar-refractivity contribution < 1.29 is 19.8 Å². The Morgan fingerprint density at radius 2 is 1.88 bits per heavy atom. The van der Waals surface area contributed by atoms with Crippen LogP contribution in [0, 0.1) is 0 Å². The largest absolute Gasteiger partial charge is 0.507 e. The standard InChI is InChI=1S/C19H20N2O4/c1-19(12-20-9-10-21(19)18(24)25)17(23)14-7-8-15(16(22)11-14)13-5-3-2-4-6-13/h2-8,11,20,22H,9-10,12H2,1H3,(H,24,25). The van der Waals surface area contributed by atoms with E-state index in [-0.39, 0.29) is 30.2 Å². The molecule has 25 heavy (non-hydrogen) atoms. The first-order valence-electron chi connectivity index (χ1n) is 8.08. The van der Waals surface area contributed by atoms with Crippen LogP contribution >= 0.6 is 0 Å². The van der Waals surface area contributed by atoms with Crippen LogP contribution in [0.1, 0.15) is 17.3 Å². The first-order chi connectivity index (χ1) is 11.9. The molecule has 6 nitrogen and oxygen atoms in total. The van der Waals surface area contributed by atoms with E-state index in [2.05, 4.69) is 5.32 Å². The summed E-state index contributed by atoms with van der Waals surface area (Å²) in [5.74, 6) is -0.344. The van der Waals surface area contributed by atoms with E-state index in [0.717, 1.165) is 10.5 Å². The SMILES string of the molecule is CC1(C(=O)c2ccc(-c3ccccc3)c(O)c2)CNCCN1C(=O)O. The molecule has 1 atom stereocenters. The fourth-order valence-corrected chi connectivity index (χ4v) is 3.22. The predicted octanol–water partition coefficient (Wildman–Crippen LogP) is 2.58. The van der Waals surface area contributed by atoms with Gasteiger partial charge >= 0.3 is 6.09 Å². The van der Waals surface area contributed by atoms with Gasteiger partial charge in [-0.1, -0.05) is 36.4 Å². The van der Waals surface area contributed by atoms with Gasteiger partial charge in [-0.05, 0) is 24.6 Å². The van der Waals surface area contributed by atoms with Crippen LogP contribution in [-0.4, -0.2) is 52.2 Å². The zero-order valence-electron chi connectivity index (χ0n) is 13.9. The van der Waals surface area contributed by atoms with Gasteiger partial charge in [0.15, 0.2) is 5.78 Å². The normalized spacial score (nSPS) is 20.3. The summed E-state index contributed by atoms with van der Waals surface area (Å²) < 4.78 is 0. The van der Waals surface area contributed by atoms with E-state index in [4.69, 9.17) is 0 Å². The number of hydrogen-bond donors (Lipinski definition) is 3. The summed E-state index contributed by atoms with van der Waals surface area (Å²) in [6.07, 6.45) is -1.12. The average molecular weight is 340 g/mol. The van der Waals surface area contributed by atoms with E-state index in [1.807, 2.05) is 30.3 Å². The first kappa shape index (κ1) is 17.0. The Morgan fingerprint density at radius 3 is 2.52 bits per heavy atom. The maximum absolute atomic E-state index is 13.0. The number of phenols is 1. The van der Waals surface area contributed by atoms with Gasteiger partial charge in [-0.25, -0.2) is 4.79 Å². The number of carbonyl (C=O) groups is 2. The Hall–Kier alpha value is -2.86. The summed E-state index contributed by atoms with van der Waals surface area (Å²) in [4.78, 5) is 25.6. The molecule has 1 heterocycles. The molecule has 1 aliphatic heterocycles. The number of Topliss-reactive ketones (excluding diaryl/α,β-unsaturated/α-hetero) is 1. The third-order valence-corrected chi connectivity index (χ3v) is 4.64. The Balaban J connectivity index is 1.95. The quantitative estimate of drug-likeness (QED) is 0.747. The fraction of sp³-hybridized carbons (Fsp3) is 0.263. The van der Waals surface area contributed by atoms with E-state index in [0.29, 0.717) is 12.1 Å². The molecule has 3 rings (SSSR count). The van der Waals surface area contributed by atoms with Crippen LogP contribution in [0.15, 0.2) is 48.5 Å². The molecule has 0 bridgehead atoms. The molecule has 0 aliphatic carbocycles. The number of benzene rings is 2. The number of carboxylic acid groups (broad SMARTS) is 1. The second-order valence-corrected chi connectivity index (χ2v) is 6.31. The smallest absolute Gasteiger partial charge is 0.408 e. The molecule has 3 N–H and O–H groups in total. The molecule has 1 saturated heterocycles. The van der Waals surface area contributed by atoms with Crippen LogP contribution < -0.4 is 5.32 Å². The van der Waals surface area contributed by atoms with E-state index in [9.17, 15) is 19.8 Å². The minimum Gasteiger partial charge on any atom is -0.507 e. The number of carbonyl (C=O) groups excluding carboxylic acids is 1. The number of hydrogen-bond acceptors (Lipinski definition) is 4. The summed E-state index contributed by atoms with van der Waals surface area (Å²) in [6, 6.07) is 14.1. The van der Waals surface area contributed by atoms with Gasteiger partial charge in [0.05, 0.1) is 0 Å². The number of nitrogens with one attached hydrogen (secondary N) is 1. The van der Waals surface area contributed by atoms with Crippen molar-refractivity contribution in [2.45, 2.75) is 12.5 Å². The molecular weight excluding hydrogens is 320 g/mol. The van der Waals surface area contributed by atoms with Gasteiger partial charge in [0.25, 0.3) is 0 Å². The molecule has 1 amide bonds. The fourth-order valence-electron chi connectivity index (χ4n) is 3.22. The molecule has 0 aromatic heterocycles. The topological polar surface area (TPSA) is 89.9 Å². The van der Waals surface area contributed by atoms with E-state index in [1.165, 1.54) is 6.07 Å². The Morgan fingerprint density at radius 1 is 1.16 bits per heavy atom. The maximum atomic E-state index is 13.0. The maximum Gasteiger partial charge on any atom is 0.408 e. The molecule has 0 saturated carbocycles. The van der Waals surface area contributed by atoms with Gasteiger partial charge < -0.3 is 15.5 Å². The predicted molar refractivity (Wildman–Crippen MR) is 93.9 cm³/mol. The molecular formula is C19H20N2O4. The van der Waals surface area contributed by atoms with Crippen LogP contribution in [-0.2, 0) is 0 Å². The Bertz CT molecular complexity index is 806. The molecule has 6 heteroatoms. The summed E-state index contributed by atoms with van der Waals surface area (Å²) in [6.45, 7) is 2.59. The molecule has 130 valence electrons. The van der Waals surface area contributed by atoms with Crippen LogP contribution in [0.4, 0.5) is 4.79 Å². The zero-order valence-corrected chi connectivity index (χ0v) is 13.9. The van der Waals surface area contributed by atoms with Crippen molar-refractivity contribution in [3.8, 4) is 16.9 Å². The lowest BCUT2D eigenvalue weighted by molar-refractivity contribution is 0.0487. The Labute approximate surface area is 145 Å². The lowest BCUT2D eigenvalue weighted by Crippen LogP contribution is -2.65. The van der Waals surface area contributed by atoms with Crippen molar-refractivity contribution in [3.63, 3.8) is 0 Å². The lowest BCUT2D eigenvalue weighted by Gasteiger charge is -2.42. The summed E-state index contributed by atoms with van der Waals surface area (Å²) in [7, 11) is 0. The van der Waals surface area contributed by atoms with Crippen molar-refractivity contribution in [2.24, 2.45) is 0 Å². The van der Waals surface area contributed by atoms with Gasteiger partial charge in [0.1, 0.15) is 11.3 Å². The first-order valence-corrected chi connectivity index (χ1v) is 8.08. The van der Waals surface area contributed by atoms with Crippen molar-refractivity contribution in [3.05, 3.63) is 54.1 Å². The highest BCUT2D eigenvalue weighted by Crippen LogP contribution is 2.32. The minimum absolute atomic E-state index is 0.00806.